The summed E-state index contributed by atoms with van der Waals surface area (Å²) in [4.78, 5) is 3.96. The quantitative estimate of drug-likeness (QED) is 0.825. The monoisotopic (exact) mass is 248 g/mol. The molecular weight excluding hydrogens is 232 g/mol. The Morgan fingerprint density at radius 1 is 1.61 bits per heavy atom. The van der Waals surface area contributed by atoms with Gasteiger partial charge in [0.05, 0.1) is 17.9 Å². The van der Waals surface area contributed by atoms with E-state index in [0.29, 0.717) is 5.82 Å². The Kier molecular flexibility index (Phi) is 2.49. The standard InChI is InChI=1S/C12H16N4O2/c1-12(6-17)5-4-10(18-12)8-2-3-9-11(13)14-7-15-16(8)9/h2-3,7,10,17H,4-6H2,1H3,(H2,13,14,15)/t10-,12+/m1/s1. The first-order valence-corrected chi connectivity index (χ1v) is 6.00. The molecule has 1 saturated heterocycles. The largest absolute Gasteiger partial charge is 0.393 e. The Balaban J connectivity index is 1.99. The van der Waals surface area contributed by atoms with E-state index in [4.69, 9.17) is 10.5 Å². The number of hydrogen-bond acceptors (Lipinski definition) is 5. The van der Waals surface area contributed by atoms with E-state index in [1.807, 2.05) is 19.1 Å². The van der Waals surface area contributed by atoms with Gasteiger partial charge in [-0.05, 0) is 31.9 Å². The summed E-state index contributed by atoms with van der Waals surface area (Å²) in [6.07, 6.45) is 3.08. The molecule has 3 rings (SSSR count). The molecule has 96 valence electrons. The van der Waals surface area contributed by atoms with E-state index in [2.05, 4.69) is 10.1 Å². The number of hydrogen-bond donors (Lipinski definition) is 2. The summed E-state index contributed by atoms with van der Waals surface area (Å²) in [5.41, 5.74) is 7.08. The fraction of sp³-hybridized carbons (Fsp3) is 0.500. The smallest absolute Gasteiger partial charge is 0.151 e. The summed E-state index contributed by atoms with van der Waals surface area (Å²) >= 11 is 0. The van der Waals surface area contributed by atoms with Crippen molar-refractivity contribution in [2.24, 2.45) is 0 Å². The van der Waals surface area contributed by atoms with Crippen LogP contribution in [0.2, 0.25) is 0 Å². The molecule has 18 heavy (non-hydrogen) atoms. The summed E-state index contributed by atoms with van der Waals surface area (Å²) < 4.78 is 7.68. The lowest BCUT2D eigenvalue weighted by Gasteiger charge is -2.21. The molecule has 6 heteroatoms. The molecule has 0 aromatic carbocycles. The van der Waals surface area contributed by atoms with E-state index < -0.39 is 5.60 Å². The van der Waals surface area contributed by atoms with Gasteiger partial charge in [0.1, 0.15) is 17.9 Å². The number of ether oxygens (including phenoxy) is 1. The highest BCUT2D eigenvalue weighted by molar-refractivity contribution is 5.65. The molecule has 0 bridgehead atoms. The number of aromatic nitrogens is 3. The van der Waals surface area contributed by atoms with E-state index in [1.54, 1.807) is 4.52 Å². The SMILES string of the molecule is C[C@@]1(CO)CC[C@H](c2ccc3c(N)ncnn23)O1. The van der Waals surface area contributed by atoms with Crippen LogP contribution in [0.4, 0.5) is 5.82 Å². The van der Waals surface area contributed by atoms with Crippen molar-refractivity contribution in [2.75, 3.05) is 12.3 Å². The molecule has 2 aromatic heterocycles. The lowest BCUT2D eigenvalue weighted by atomic mass is 10.0. The second-order valence-corrected chi connectivity index (χ2v) is 4.95. The van der Waals surface area contributed by atoms with E-state index in [9.17, 15) is 5.11 Å². The van der Waals surface area contributed by atoms with E-state index in [-0.39, 0.29) is 12.7 Å². The average Bonchev–Trinajstić information content (AvgIpc) is 2.94. The van der Waals surface area contributed by atoms with Crippen LogP contribution in [-0.2, 0) is 4.74 Å². The Labute approximate surface area is 104 Å². The Morgan fingerprint density at radius 2 is 2.44 bits per heavy atom. The van der Waals surface area contributed by atoms with Crippen molar-refractivity contribution in [2.45, 2.75) is 31.5 Å². The number of nitrogens with two attached hydrogens (primary N) is 1. The lowest BCUT2D eigenvalue weighted by Crippen LogP contribution is -2.28. The van der Waals surface area contributed by atoms with E-state index in [0.717, 1.165) is 24.1 Å². The zero-order valence-electron chi connectivity index (χ0n) is 10.2. The predicted octanol–water partition coefficient (Wildman–Crippen LogP) is 0.914. The molecule has 0 amide bonds. The predicted molar refractivity (Wildman–Crippen MR) is 66.0 cm³/mol. The summed E-state index contributed by atoms with van der Waals surface area (Å²) in [5, 5.41) is 13.5. The number of fused-ring (bicyclic) bond motifs is 1. The Hall–Kier alpha value is -1.66. The molecule has 2 atom stereocenters. The van der Waals surface area contributed by atoms with Crippen molar-refractivity contribution < 1.29 is 9.84 Å². The van der Waals surface area contributed by atoms with Crippen molar-refractivity contribution in [1.29, 1.82) is 0 Å². The van der Waals surface area contributed by atoms with E-state index in [1.165, 1.54) is 6.33 Å². The van der Waals surface area contributed by atoms with Gasteiger partial charge in [-0.3, -0.25) is 0 Å². The van der Waals surface area contributed by atoms with Gasteiger partial charge in [0.25, 0.3) is 0 Å². The van der Waals surface area contributed by atoms with Crippen LogP contribution in [0.1, 0.15) is 31.6 Å². The summed E-state index contributed by atoms with van der Waals surface area (Å²) in [7, 11) is 0. The highest BCUT2D eigenvalue weighted by Crippen LogP contribution is 2.39. The molecule has 6 nitrogen and oxygen atoms in total. The first kappa shape index (κ1) is 11.4. The third-order valence-electron chi connectivity index (χ3n) is 3.54. The van der Waals surface area contributed by atoms with Crippen molar-refractivity contribution in [3.8, 4) is 0 Å². The minimum atomic E-state index is -0.451. The summed E-state index contributed by atoms with van der Waals surface area (Å²) in [5.74, 6) is 0.458. The van der Waals surface area contributed by atoms with Crippen LogP contribution in [0.5, 0.6) is 0 Å². The topological polar surface area (TPSA) is 85.7 Å². The number of nitrogens with zero attached hydrogens (tertiary/aromatic N) is 3. The maximum Gasteiger partial charge on any atom is 0.151 e. The van der Waals surface area contributed by atoms with Crippen LogP contribution in [0.3, 0.4) is 0 Å². The highest BCUT2D eigenvalue weighted by atomic mass is 16.5. The molecule has 2 aromatic rings. The summed E-state index contributed by atoms with van der Waals surface area (Å²) in [6.45, 7) is 1.95. The molecule has 0 spiro atoms. The van der Waals surface area contributed by atoms with Gasteiger partial charge in [0.15, 0.2) is 5.82 Å². The minimum Gasteiger partial charge on any atom is -0.393 e. The first-order chi connectivity index (χ1) is 8.63. The normalized spacial score (nSPS) is 28.0. The van der Waals surface area contributed by atoms with E-state index >= 15 is 0 Å². The van der Waals surface area contributed by atoms with Gasteiger partial charge in [-0.2, -0.15) is 5.10 Å². The number of aliphatic hydroxyl groups is 1. The second-order valence-electron chi connectivity index (χ2n) is 4.95. The molecule has 3 N–H and O–H groups in total. The van der Waals surface area contributed by atoms with Gasteiger partial charge < -0.3 is 15.6 Å². The van der Waals surface area contributed by atoms with Crippen LogP contribution >= 0.6 is 0 Å². The molecule has 0 radical (unpaired) electrons. The lowest BCUT2D eigenvalue weighted by molar-refractivity contribution is -0.0635. The molecule has 0 unspecified atom stereocenters. The number of aliphatic hydroxyl groups excluding tert-OH is 1. The van der Waals surface area contributed by atoms with Gasteiger partial charge in [-0.15, -0.1) is 0 Å². The number of rotatable bonds is 2. The fourth-order valence-corrected chi connectivity index (χ4v) is 2.44. The van der Waals surface area contributed by atoms with Crippen molar-refractivity contribution in [3.63, 3.8) is 0 Å². The van der Waals surface area contributed by atoms with Gasteiger partial charge >= 0.3 is 0 Å². The van der Waals surface area contributed by atoms with Crippen LogP contribution in [0.15, 0.2) is 18.5 Å². The van der Waals surface area contributed by atoms with Crippen LogP contribution in [0.25, 0.3) is 5.52 Å². The number of nitrogen functional groups attached to an aromatic ring is 1. The van der Waals surface area contributed by atoms with Crippen molar-refractivity contribution in [3.05, 3.63) is 24.2 Å². The molecule has 1 aliphatic heterocycles. The van der Waals surface area contributed by atoms with Crippen LogP contribution in [0, 0.1) is 0 Å². The van der Waals surface area contributed by atoms with Crippen molar-refractivity contribution >= 4 is 11.3 Å². The highest BCUT2D eigenvalue weighted by Gasteiger charge is 2.37. The van der Waals surface area contributed by atoms with Gasteiger partial charge in [0.2, 0.25) is 0 Å². The third kappa shape index (κ3) is 1.65. The van der Waals surface area contributed by atoms with Gasteiger partial charge in [-0.25, -0.2) is 9.50 Å². The first-order valence-electron chi connectivity index (χ1n) is 6.00. The minimum absolute atomic E-state index is 0.0317. The summed E-state index contributed by atoms with van der Waals surface area (Å²) in [6, 6.07) is 3.84. The zero-order chi connectivity index (χ0) is 12.8. The molecule has 0 aliphatic carbocycles. The maximum atomic E-state index is 9.32. The molecule has 0 saturated carbocycles. The molecular formula is C12H16N4O2. The average molecular weight is 248 g/mol. The van der Waals surface area contributed by atoms with Gasteiger partial charge in [-0.1, -0.05) is 0 Å². The maximum absolute atomic E-state index is 9.32. The Bertz CT molecular complexity index is 582. The molecule has 3 heterocycles. The van der Waals surface area contributed by atoms with Crippen molar-refractivity contribution in [1.82, 2.24) is 14.6 Å². The second kappa shape index (κ2) is 3.93. The van der Waals surface area contributed by atoms with Crippen LogP contribution < -0.4 is 5.73 Å². The number of anilines is 1. The zero-order valence-corrected chi connectivity index (χ0v) is 10.2. The molecule has 1 fully saturated rings. The Morgan fingerprint density at radius 3 is 3.17 bits per heavy atom. The molecule has 1 aliphatic rings. The van der Waals surface area contributed by atoms with Gasteiger partial charge in [0, 0.05) is 0 Å². The third-order valence-corrected chi connectivity index (χ3v) is 3.54. The van der Waals surface area contributed by atoms with Crippen LogP contribution in [-0.4, -0.2) is 31.9 Å². The fourth-order valence-electron chi connectivity index (χ4n) is 2.44.